The highest BCUT2D eigenvalue weighted by molar-refractivity contribution is 5.75. The first-order valence-electron chi connectivity index (χ1n) is 29.5. The Bertz CT molecular complexity index is 3320. The molecule has 0 aliphatic carbocycles. The number of para-hydroxylation sites is 4. The van der Waals surface area contributed by atoms with Gasteiger partial charge in [0.2, 0.25) is 0 Å². The number of amides is 2. The van der Waals surface area contributed by atoms with Gasteiger partial charge in [0.25, 0.3) is 0 Å². The molecule has 9 aromatic rings. The Balaban J connectivity index is 0.000000186. The van der Waals surface area contributed by atoms with Crippen molar-refractivity contribution in [3.8, 4) is 0 Å². The quantitative estimate of drug-likeness (QED) is 0.0649. The molecule has 0 saturated carbocycles. The zero-order valence-electron chi connectivity index (χ0n) is 47.3. The summed E-state index contributed by atoms with van der Waals surface area (Å²) in [5, 5.41) is 20.6. The van der Waals surface area contributed by atoms with Crippen LogP contribution in [0.5, 0.6) is 0 Å². The third kappa shape index (κ3) is 15.2. The molecule has 426 valence electrons. The van der Waals surface area contributed by atoms with Gasteiger partial charge in [-0.15, -0.1) is 0 Å². The minimum absolute atomic E-state index is 0.0125. The van der Waals surface area contributed by atoms with Crippen molar-refractivity contribution in [2.75, 3.05) is 24.5 Å². The van der Waals surface area contributed by atoms with E-state index >= 15 is 0 Å². The van der Waals surface area contributed by atoms with Gasteiger partial charge in [-0.1, -0.05) is 200 Å². The molecule has 83 heavy (non-hydrogen) atoms. The lowest BCUT2D eigenvalue weighted by molar-refractivity contribution is -0.0491. The number of carbonyl (C=O) groups is 2. The molecular weight excluding hydrogens is 1030 g/mol. The van der Waals surface area contributed by atoms with Crippen LogP contribution in [0.3, 0.4) is 0 Å². The first-order chi connectivity index (χ1) is 40.8. The number of nitrogens with one attached hydrogen (secondary N) is 1. The summed E-state index contributed by atoms with van der Waals surface area (Å²) in [6, 6.07) is 80.9. The van der Waals surface area contributed by atoms with Crippen molar-refractivity contribution in [1.29, 1.82) is 0 Å². The Kier molecular flexibility index (Phi) is 20.0. The van der Waals surface area contributed by atoms with Crippen molar-refractivity contribution in [3.05, 3.63) is 275 Å². The van der Waals surface area contributed by atoms with Crippen molar-refractivity contribution in [2.45, 2.75) is 102 Å². The molecule has 2 fully saturated rings. The van der Waals surface area contributed by atoms with Gasteiger partial charge in [0.05, 0.1) is 17.2 Å². The third-order valence-electron chi connectivity index (χ3n) is 16.6. The lowest BCUT2D eigenvalue weighted by atomic mass is 9.83. The average Bonchev–Trinajstić information content (AvgIpc) is 4.16. The van der Waals surface area contributed by atoms with Crippen molar-refractivity contribution >= 4 is 34.6 Å². The van der Waals surface area contributed by atoms with Crippen LogP contribution in [0.4, 0.5) is 21.0 Å². The van der Waals surface area contributed by atoms with Crippen molar-refractivity contribution in [2.24, 2.45) is 5.92 Å². The van der Waals surface area contributed by atoms with Gasteiger partial charge >= 0.3 is 17.9 Å². The number of benzene rings is 8. The molecule has 8 aromatic carbocycles. The van der Waals surface area contributed by atoms with Crippen LogP contribution in [-0.2, 0) is 32.6 Å². The second kappa shape index (κ2) is 28.8. The van der Waals surface area contributed by atoms with Crippen LogP contribution in [-0.4, -0.2) is 89.4 Å². The maximum absolute atomic E-state index is 13.5. The number of aromatic nitrogens is 2. The predicted molar refractivity (Wildman–Crippen MR) is 333 cm³/mol. The highest BCUT2D eigenvalue weighted by Gasteiger charge is 2.45. The molecule has 3 N–H and O–H groups in total. The van der Waals surface area contributed by atoms with Gasteiger partial charge in [0.15, 0.2) is 0 Å². The molecule has 1 aromatic heterocycles. The van der Waals surface area contributed by atoms with E-state index in [1.54, 1.807) is 9.80 Å². The summed E-state index contributed by atoms with van der Waals surface area (Å²) in [6.45, 7) is 4.76. The lowest BCUT2D eigenvalue weighted by Gasteiger charge is -2.49. The minimum Gasteiger partial charge on any atom is -0.465 e. The number of aromatic amines is 1. The van der Waals surface area contributed by atoms with Gasteiger partial charge < -0.3 is 25.0 Å². The maximum atomic E-state index is 13.5. The van der Waals surface area contributed by atoms with Crippen LogP contribution in [0.25, 0.3) is 11.0 Å². The number of carboxylic acid groups (broad SMARTS) is 2. The van der Waals surface area contributed by atoms with Gasteiger partial charge in [0, 0.05) is 74.7 Å². The van der Waals surface area contributed by atoms with Gasteiger partial charge in [0.1, 0.15) is 0 Å². The molecule has 0 bridgehead atoms. The predicted octanol–water partition coefficient (Wildman–Crippen LogP) is 14.7. The van der Waals surface area contributed by atoms with E-state index in [1.807, 2.05) is 83.4 Å². The molecule has 3 heterocycles. The Morgan fingerprint density at radius 3 is 1.45 bits per heavy atom. The Morgan fingerprint density at radius 1 is 0.494 bits per heavy atom. The van der Waals surface area contributed by atoms with E-state index in [1.165, 1.54) is 16.7 Å². The highest BCUT2D eigenvalue weighted by atomic mass is 16.4. The molecule has 0 spiro atoms. The number of hydrogen-bond donors (Lipinski definition) is 3. The van der Waals surface area contributed by atoms with Gasteiger partial charge in [-0.3, -0.25) is 19.3 Å². The summed E-state index contributed by atoms with van der Waals surface area (Å²) >= 11 is 0. The number of anilines is 2. The maximum Gasteiger partial charge on any atom is 0.408 e. The fourth-order valence-electron chi connectivity index (χ4n) is 12.8. The second-order valence-corrected chi connectivity index (χ2v) is 22.2. The summed E-state index contributed by atoms with van der Waals surface area (Å²) in [5.41, 5.74) is 9.93. The normalized spacial score (nSPS) is 17.9. The first-order valence-corrected chi connectivity index (χ1v) is 29.5. The number of hydrogen-bond acceptors (Lipinski definition) is 6. The molecule has 12 nitrogen and oxygen atoms in total. The fourth-order valence-corrected chi connectivity index (χ4v) is 12.8. The summed E-state index contributed by atoms with van der Waals surface area (Å²) in [7, 11) is 0. The van der Waals surface area contributed by atoms with Crippen LogP contribution in [0.1, 0.15) is 78.8 Å². The van der Waals surface area contributed by atoms with Crippen LogP contribution in [0.2, 0.25) is 0 Å². The van der Waals surface area contributed by atoms with E-state index in [4.69, 9.17) is 0 Å². The second-order valence-electron chi connectivity index (χ2n) is 22.2. The number of H-pyrrole nitrogens is 1. The average molecular weight is 1110 g/mol. The highest BCUT2D eigenvalue weighted by Crippen LogP contribution is 2.41. The monoisotopic (exact) mass is 1110 g/mol. The minimum atomic E-state index is -0.922. The summed E-state index contributed by atoms with van der Waals surface area (Å²) in [4.78, 5) is 52.2. The van der Waals surface area contributed by atoms with E-state index in [0.29, 0.717) is 32.6 Å². The molecule has 2 amide bonds. The molecule has 2 aliphatic heterocycles. The van der Waals surface area contributed by atoms with E-state index in [0.717, 1.165) is 98.1 Å². The number of likely N-dealkylation sites (tertiary alicyclic amines) is 2. The van der Waals surface area contributed by atoms with Crippen LogP contribution >= 0.6 is 0 Å². The molecule has 2 saturated heterocycles. The van der Waals surface area contributed by atoms with Crippen LogP contribution < -0.4 is 10.6 Å². The number of aryl methyl sites for hydroxylation is 1. The standard InChI is InChI=1S/C36H38N4O3.C35H39N3O2/c41-35-37-31-21-10-11-22-33(31)40(35)32-23-24-39(36(42)43)34(30(32)20-12-19-27-13-4-1-5-14-27)38(25-28-15-6-2-7-16-28)26-29-17-8-3-9-18-29;39-35(40)37-25-23-34(38(31-18-9-3-10-19-31)32-20-11-4-12-21-32)26-33(37)22-13-24-36(27-29-14-5-1-6-15-29)28-30-16-7-2-8-17-30/h1-11,13-18,21-22,30,32,34H,12,19-20,23-26H2,(H,37,41)(H,42,43);1-12,14-21,33-34H,13,22-28H2,(H,39,40)/t30?,32?,34-;33-,34?/m00/s1. The van der Waals surface area contributed by atoms with E-state index < -0.39 is 18.4 Å². The summed E-state index contributed by atoms with van der Waals surface area (Å²) < 4.78 is 1.90. The Hall–Kier alpha value is -8.71. The molecule has 5 atom stereocenters. The number of fused-ring (bicyclic) bond motifs is 1. The van der Waals surface area contributed by atoms with E-state index in [9.17, 15) is 24.6 Å². The smallest absolute Gasteiger partial charge is 0.408 e. The molecule has 12 heteroatoms. The van der Waals surface area contributed by atoms with Gasteiger partial charge in [-0.05, 0) is 122 Å². The van der Waals surface area contributed by atoms with E-state index in [2.05, 4.69) is 177 Å². The molecule has 0 radical (unpaired) electrons. The first kappa shape index (κ1) is 57.5. The van der Waals surface area contributed by atoms with E-state index in [-0.39, 0.29) is 29.7 Å². The van der Waals surface area contributed by atoms with Crippen LogP contribution in [0.15, 0.2) is 241 Å². The molecule has 11 rings (SSSR count). The van der Waals surface area contributed by atoms with Crippen molar-refractivity contribution in [1.82, 2.24) is 29.2 Å². The third-order valence-corrected chi connectivity index (χ3v) is 16.6. The zero-order valence-corrected chi connectivity index (χ0v) is 47.3. The summed E-state index contributed by atoms with van der Waals surface area (Å²) in [5.74, 6) is -0.113. The van der Waals surface area contributed by atoms with Crippen LogP contribution in [0, 0.1) is 5.92 Å². The number of piperidine rings is 2. The Morgan fingerprint density at radius 2 is 0.940 bits per heavy atom. The van der Waals surface area contributed by atoms with Gasteiger partial charge in [-0.2, -0.15) is 0 Å². The van der Waals surface area contributed by atoms with Crippen molar-refractivity contribution in [3.63, 3.8) is 0 Å². The van der Waals surface area contributed by atoms with Gasteiger partial charge in [-0.25, -0.2) is 14.4 Å². The Labute approximate surface area is 488 Å². The van der Waals surface area contributed by atoms with Crippen molar-refractivity contribution < 1.29 is 19.8 Å². The molecular formula is C71H77N7O5. The zero-order chi connectivity index (χ0) is 57.2. The largest absolute Gasteiger partial charge is 0.465 e. The summed E-state index contributed by atoms with van der Waals surface area (Å²) in [6.07, 6.45) is 4.39. The molecule has 3 unspecified atom stereocenters. The topological polar surface area (TPSA) is 129 Å². The SMILES string of the molecule is O=C(O)N1CCC(N(c2ccccc2)c2ccccc2)C[C@@H]1CCCN(Cc1ccccc1)Cc1ccccc1.O=C(O)N1CCC(n2c(=O)[nH]c3ccccc32)C(CCCc2ccccc2)[C@H]1N(Cc1ccccc1)Cc1ccccc1. The lowest BCUT2D eigenvalue weighted by Crippen LogP contribution is -2.59. The number of rotatable bonds is 21. The number of nitrogens with zero attached hydrogens (tertiary/aromatic N) is 6. The molecule has 2 aliphatic rings. The fraction of sp³-hybridized carbons (Fsp3) is 0.282. The number of imidazole rings is 1.